The average Bonchev–Trinajstić information content (AvgIpc) is 2.69. The number of aromatic nitrogens is 2. The smallest absolute Gasteiger partial charge is 0.226 e. The van der Waals surface area contributed by atoms with E-state index >= 15 is 0 Å². The molecule has 0 saturated carbocycles. The number of nitrogens with one attached hydrogen (secondary N) is 1. The monoisotopic (exact) mass is 324 g/mol. The maximum atomic E-state index is 14.2. The molecule has 0 radical (unpaired) electrons. The third-order valence-electron chi connectivity index (χ3n) is 3.79. The molecular weight excluding hydrogens is 310 g/mol. The minimum absolute atomic E-state index is 0.0771. The second kappa shape index (κ2) is 5.05. The van der Waals surface area contributed by atoms with Gasteiger partial charge < -0.3 is 10.2 Å². The Kier molecular flexibility index (Phi) is 3.44. The van der Waals surface area contributed by atoms with Crippen LogP contribution in [0, 0.1) is 11.6 Å². The Hall–Kier alpha value is -1.95. The Morgan fingerprint density at radius 2 is 2.00 bits per heavy atom. The van der Waals surface area contributed by atoms with E-state index in [1.165, 1.54) is 12.1 Å². The summed E-state index contributed by atoms with van der Waals surface area (Å²) >= 11 is 5.98. The van der Waals surface area contributed by atoms with Gasteiger partial charge in [0.1, 0.15) is 23.3 Å². The summed E-state index contributed by atoms with van der Waals surface area (Å²) < 4.78 is 27.3. The summed E-state index contributed by atoms with van der Waals surface area (Å²) in [7, 11) is 1.75. The van der Waals surface area contributed by atoms with Gasteiger partial charge in [-0.15, -0.1) is 0 Å². The van der Waals surface area contributed by atoms with Crippen molar-refractivity contribution in [1.82, 2.24) is 9.97 Å². The number of benzene rings is 1. The second-order valence-corrected chi connectivity index (χ2v) is 6.19. The zero-order valence-electron chi connectivity index (χ0n) is 12.4. The molecule has 0 atom stereocenters. The summed E-state index contributed by atoms with van der Waals surface area (Å²) in [4.78, 5) is 10.2. The predicted molar refractivity (Wildman–Crippen MR) is 83.0 cm³/mol. The van der Waals surface area contributed by atoms with Gasteiger partial charge in [-0.25, -0.2) is 13.8 Å². The van der Waals surface area contributed by atoms with Crippen molar-refractivity contribution in [2.75, 3.05) is 23.8 Å². The Morgan fingerprint density at radius 1 is 1.27 bits per heavy atom. The molecule has 7 heteroatoms. The molecule has 22 heavy (non-hydrogen) atoms. The fraction of sp³-hybridized carbons (Fsp3) is 0.333. The topological polar surface area (TPSA) is 41.1 Å². The second-order valence-electron chi connectivity index (χ2n) is 5.86. The van der Waals surface area contributed by atoms with Gasteiger partial charge in [-0.1, -0.05) is 13.8 Å². The fourth-order valence-corrected chi connectivity index (χ4v) is 3.03. The SMILES string of the molecule is CNc1nc(Cl)nc2c1C(C)(C)CN2c1ccc(F)cc1F. The van der Waals surface area contributed by atoms with Gasteiger partial charge in [0.05, 0.1) is 5.69 Å². The first-order chi connectivity index (χ1) is 10.3. The highest BCUT2D eigenvalue weighted by Gasteiger charge is 2.41. The van der Waals surface area contributed by atoms with Crippen LogP contribution in [0.1, 0.15) is 19.4 Å². The summed E-state index contributed by atoms with van der Waals surface area (Å²) in [5, 5.41) is 3.08. The van der Waals surface area contributed by atoms with E-state index < -0.39 is 11.6 Å². The lowest BCUT2D eigenvalue weighted by molar-refractivity contribution is 0.557. The van der Waals surface area contributed by atoms with Crippen LogP contribution in [0.2, 0.25) is 5.28 Å². The highest BCUT2D eigenvalue weighted by Crippen LogP contribution is 2.46. The van der Waals surface area contributed by atoms with Crippen molar-refractivity contribution in [3.05, 3.63) is 40.7 Å². The zero-order valence-corrected chi connectivity index (χ0v) is 13.2. The van der Waals surface area contributed by atoms with Crippen LogP contribution in [0.4, 0.5) is 26.1 Å². The van der Waals surface area contributed by atoms with Crippen LogP contribution in [-0.2, 0) is 5.41 Å². The molecule has 0 amide bonds. The molecule has 1 aromatic heterocycles. The van der Waals surface area contributed by atoms with Crippen molar-refractivity contribution in [1.29, 1.82) is 0 Å². The molecule has 2 aromatic rings. The van der Waals surface area contributed by atoms with E-state index in [-0.39, 0.29) is 16.4 Å². The summed E-state index contributed by atoms with van der Waals surface area (Å²) in [6.45, 7) is 4.53. The van der Waals surface area contributed by atoms with E-state index in [9.17, 15) is 8.78 Å². The maximum absolute atomic E-state index is 14.2. The molecule has 1 aliphatic rings. The first-order valence-corrected chi connectivity index (χ1v) is 7.19. The van der Waals surface area contributed by atoms with Gasteiger partial charge in [-0.2, -0.15) is 4.98 Å². The normalized spacial score (nSPS) is 15.8. The van der Waals surface area contributed by atoms with Crippen LogP contribution >= 0.6 is 11.6 Å². The zero-order chi connectivity index (χ0) is 16.1. The largest absolute Gasteiger partial charge is 0.373 e. The Balaban J connectivity index is 2.21. The van der Waals surface area contributed by atoms with Gasteiger partial charge in [0, 0.05) is 30.6 Å². The molecule has 0 unspecified atom stereocenters. The molecule has 0 fully saturated rings. The number of hydrogen-bond donors (Lipinski definition) is 1. The Morgan fingerprint density at radius 3 is 2.64 bits per heavy atom. The lowest BCUT2D eigenvalue weighted by atomic mass is 9.88. The molecule has 1 aromatic carbocycles. The molecule has 116 valence electrons. The summed E-state index contributed by atoms with van der Waals surface area (Å²) in [5.74, 6) is -0.0918. The number of fused-ring (bicyclic) bond motifs is 1. The Labute approximate surface area is 132 Å². The summed E-state index contributed by atoms with van der Waals surface area (Å²) in [5.41, 5.74) is 0.826. The number of nitrogens with zero attached hydrogens (tertiary/aromatic N) is 3. The molecule has 0 aliphatic carbocycles. The van der Waals surface area contributed by atoms with Crippen LogP contribution in [0.5, 0.6) is 0 Å². The van der Waals surface area contributed by atoms with Gasteiger partial charge in [0.15, 0.2) is 0 Å². The van der Waals surface area contributed by atoms with Gasteiger partial charge in [-0.3, -0.25) is 0 Å². The van der Waals surface area contributed by atoms with Crippen molar-refractivity contribution in [2.45, 2.75) is 19.3 Å². The molecule has 1 aliphatic heterocycles. The Bertz CT molecular complexity index is 749. The maximum Gasteiger partial charge on any atom is 0.226 e. The van der Waals surface area contributed by atoms with Crippen LogP contribution < -0.4 is 10.2 Å². The fourth-order valence-electron chi connectivity index (χ4n) is 2.87. The van der Waals surface area contributed by atoms with Crippen LogP contribution in [0.15, 0.2) is 18.2 Å². The van der Waals surface area contributed by atoms with Crippen LogP contribution in [0.3, 0.4) is 0 Å². The van der Waals surface area contributed by atoms with Crippen molar-refractivity contribution in [3.63, 3.8) is 0 Å². The van der Waals surface area contributed by atoms with Crippen molar-refractivity contribution < 1.29 is 8.78 Å². The van der Waals surface area contributed by atoms with E-state index in [4.69, 9.17) is 11.6 Å². The van der Waals surface area contributed by atoms with E-state index in [2.05, 4.69) is 15.3 Å². The molecular formula is C15H15ClF2N4. The lowest BCUT2D eigenvalue weighted by Gasteiger charge is -2.22. The van der Waals surface area contributed by atoms with Gasteiger partial charge in [0.2, 0.25) is 5.28 Å². The third-order valence-corrected chi connectivity index (χ3v) is 3.95. The van der Waals surface area contributed by atoms with E-state index in [1.807, 2.05) is 13.8 Å². The van der Waals surface area contributed by atoms with Crippen LogP contribution in [0.25, 0.3) is 0 Å². The molecule has 0 spiro atoms. The molecule has 4 nitrogen and oxygen atoms in total. The number of hydrogen-bond acceptors (Lipinski definition) is 4. The molecule has 3 rings (SSSR count). The molecule has 1 N–H and O–H groups in total. The highest BCUT2D eigenvalue weighted by atomic mass is 35.5. The van der Waals surface area contributed by atoms with E-state index in [0.717, 1.165) is 11.6 Å². The van der Waals surface area contributed by atoms with E-state index in [0.29, 0.717) is 18.2 Å². The lowest BCUT2D eigenvalue weighted by Crippen LogP contribution is -2.26. The first kappa shape index (κ1) is 15.0. The van der Waals surface area contributed by atoms with Crippen LogP contribution in [-0.4, -0.2) is 23.6 Å². The minimum Gasteiger partial charge on any atom is -0.373 e. The van der Waals surface area contributed by atoms with Crippen molar-refractivity contribution in [3.8, 4) is 0 Å². The number of rotatable bonds is 2. The average molecular weight is 325 g/mol. The first-order valence-electron chi connectivity index (χ1n) is 6.82. The number of anilines is 3. The molecule has 0 bridgehead atoms. The quantitative estimate of drug-likeness (QED) is 0.851. The van der Waals surface area contributed by atoms with Gasteiger partial charge in [-0.05, 0) is 23.7 Å². The predicted octanol–water partition coefficient (Wildman–Crippen LogP) is 3.88. The third kappa shape index (κ3) is 2.27. The summed E-state index contributed by atoms with van der Waals surface area (Å²) in [6, 6.07) is 3.50. The molecule has 2 heterocycles. The van der Waals surface area contributed by atoms with E-state index in [1.54, 1.807) is 11.9 Å². The molecule has 0 saturated heterocycles. The summed E-state index contributed by atoms with van der Waals surface area (Å²) in [6.07, 6.45) is 0. The minimum atomic E-state index is -0.635. The highest BCUT2D eigenvalue weighted by molar-refractivity contribution is 6.28. The van der Waals surface area contributed by atoms with Gasteiger partial charge >= 0.3 is 0 Å². The van der Waals surface area contributed by atoms with Crippen molar-refractivity contribution in [2.24, 2.45) is 0 Å². The van der Waals surface area contributed by atoms with Crippen molar-refractivity contribution >= 4 is 28.9 Å². The number of halogens is 3. The standard InChI is InChI=1S/C15H15ClF2N4/c1-15(2)7-22(10-5-4-8(17)6-9(10)18)13-11(15)12(19-3)20-14(16)21-13/h4-6H,7H2,1-3H3,(H,19,20,21). The van der Waals surface area contributed by atoms with Gasteiger partial charge in [0.25, 0.3) is 0 Å².